The Balaban J connectivity index is 2.25. The molecule has 1 unspecified atom stereocenters. The van der Waals surface area contributed by atoms with Gasteiger partial charge in [0.15, 0.2) is 5.96 Å². The fourth-order valence-corrected chi connectivity index (χ4v) is 3.09. The third kappa shape index (κ3) is 8.85. The predicted octanol–water partition coefficient (Wildman–Crippen LogP) is 1.24. The van der Waals surface area contributed by atoms with Gasteiger partial charge in [-0.05, 0) is 25.4 Å². The predicted molar refractivity (Wildman–Crippen MR) is 103 cm³/mol. The normalized spacial score (nSPS) is 20.0. The van der Waals surface area contributed by atoms with Gasteiger partial charge < -0.3 is 20.3 Å². The van der Waals surface area contributed by atoms with E-state index in [1.807, 2.05) is 7.05 Å². The van der Waals surface area contributed by atoms with Crippen LogP contribution < -0.4 is 10.6 Å². The summed E-state index contributed by atoms with van der Waals surface area (Å²) in [6, 6.07) is 0. The first-order chi connectivity index (χ1) is 11.6. The molecule has 1 heterocycles. The molecule has 0 aromatic heterocycles. The number of rotatable bonds is 10. The molecule has 1 rings (SSSR count). The number of aliphatic imine (C=N–C) groups is 1. The van der Waals surface area contributed by atoms with E-state index in [0.29, 0.717) is 5.92 Å². The van der Waals surface area contributed by atoms with E-state index in [1.54, 1.807) is 0 Å². The van der Waals surface area contributed by atoms with Crippen molar-refractivity contribution in [1.29, 1.82) is 0 Å². The maximum Gasteiger partial charge on any atom is 0.191 e. The highest BCUT2D eigenvalue weighted by Gasteiger charge is 2.21. The summed E-state index contributed by atoms with van der Waals surface area (Å²) in [5.74, 6) is 1.57. The molecule has 0 amide bonds. The molecule has 6 heteroatoms. The first-order valence-electron chi connectivity index (χ1n) is 9.59. The Bertz CT molecular complexity index is 348. The molecule has 2 N–H and O–H groups in total. The lowest BCUT2D eigenvalue weighted by molar-refractivity contribution is -0.0284. The van der Waals surface area contributed by atoms with Crippen LogP contribution in [0.5, 0.6) is 0 Å². The Morgan fingerprint density at radius 1 is 1.29 bits per heavy atom. The van der Waals surface area contributed by atoms with Gasteiger partial charge in [0.05, 0.1) is 12.7 Å². The maximum absolute atomic E-state index is 5.88. The number of nitrogens with zero attached hydrogens (tertiary/aromatic N) is 3. The summed E-state index contributed by atoms with van der Waals surface area (Å²) in [6.07, 6.45) is 1.44. The molecule has 0 aromatic carbocycles. The van der Waals surface area contributed by atoms with Crippen molar-refractivity contribution in [2.45, 2.75) is 40.2 Å². The van der Waals surface area contributed by atoms with Crippen LogP contribution in [0.2, 0.25) is 0 Å². The Labute approximate surface area is 149 Å². The molecule has 142 valence electrons. The molecule has 0 radical (unpaired) electrons. The zero-order chi connectivity index (χ0) is 17.8. The number of hydrogen-bond acceptors (Lipinski definition) is 4. The number of nitrogens with one attached hydrogen (secondary N) is 2. The summed E-state index contributed by atoms with van der Waals surface area (Å²) in [5, 5.41) is 6.81. The number of hydrogen-bond donors (Lipinski definition) is 2. The van der Waals surface area contributed by atoms with E-state index in [1.165, 1.54) is 6.42 Å². The molecule has 1 atom stereocenters. The first-order valence-corrected chi connectivity index (χ1v) is 9.59. The van der Waals surface area contributed by atoms with E-state index in [4.69, 9.17) is 4.74 Å². The van der Waals surface area contributed by atoms with E-state index in [0.717, 1.165) is 64.9 Å². The lowest BCUT2D eigenvalue weighted by Gasteiger charge is -2.34. The van der Waals surface area contributed by atoms with Crippen LogP contribution in [-0.2, 0) is 4.74 Å². The van der Waals surface area contributed by atoms with Gasteiger partial charge in [-0.25, -0.2) is 0 Å². The minimum Gasteiger partial charge on any atom is -0.374 e. The van der Waals surface area contributed by atoms with Gasteiger partial charge in [0.2, 0.25) is 0 Å². The van der Waals surface area contributed by atoms with Gasteiger partial charge >= 0.3 is 0 Å². The van der Waals surface area contributed by atoms with Gasteiger partial charge in [0.25, 0.3) is 0 Å². The fraction of sp³-hybridized carbons (Fsp3) is 0.944. The first kappa shape index (κ1) is 21.2. The van der Waals surface area contributed by atoms with Crippen molar-refractivity contribution in [3.8, 4) is 0 Å². The lowest BCUT2D eigenvalue weighted by atomic mass is 10.2. The Hall–Kier alpha value is -0.850. The minimum absolute atomic E-state index is 0.239. The minimum atomic E-state index is 0.239. The van der Waals surface area contributed by atoms with Crippen LogP contribution >= 0.6 is 0 Å². The number of ether oxygens (including phenoxy) is 1. The van der Waals surface area contributed by atoms with Crippen LogP contribution in [-0.4, -0.2) is 87.9 Å². The molecule has 6 nitrogen and oxygen atoms in total. The Morgan fingerprint density at radius 2 is 2.08 bits per heavy atom. The third-order valence-electron chi connectivity index (χ3n) is 4.27. The van der Waals surface area contributed by atoms with Gasteiger partial charge in [-0.1, -0.05) is 27.7 Å². The van der Waals surface area contributed by atoms with Crippen LogP contribution in [0.1, 0.15) is 34.1 Å². The summed E-state index contributed by atoms with van der Waals surface area (Å²) < 4.78 is 5.88. The monoisotopic (exact) mass is 341 g/mol. The second-order valence-corrected chi connectivity index (χ2v) is 6.96. The second kappa shape index (κ2) is 12.5. The highest BCUT2D eigenvalue weighted by molar-refractivity contribution is 5.79. The topological polar surface area (TPSA) is 52.1 Å². The van der Waals surface area contributed by atoms with E-state index < -0.39 is 0 Å². The molecule has 1 aliphatic heterocycles. The van der Waals surface area contributed by atoms with Crippen molar-refractivity contribution in [2.24, 2.45) is 10.9 Å². The van der Waals surface area contributed by atoms with Crippen LogP contribution in [0.4, 0.5) is 0 Å². The van der Waals surface area contributed by atoms with Crippen LogP contribution in [0, 0.1) is 5.92 Å². The zero-order valence-electron chi connectivity index (χ0n) is 16.5. The van der Waals surface area contributed by atoms with Crippen molar-refractivity contribution in [1.82, 2.24) is 20.4 Å². The SMILES string of the molecule is CCCN(CC)CCNC(=NC)NCC1CN(CC(C)C)CCO1. The smallest absolute Gasteiger partial charge is 0.191 e. The summed E-state index contributed by atoms with van der Waals surface area (Å²) in [4.78, 5) is 9.27. The van der Waals surface area contributed by atoms with E-state index in [2.05, 4.69) is 53.1 Å². The highest BCUT2D eigenvalue weighted by Crippen LogP contribution is 2.07. The number of morpholine rings is 1. The number of guanidine groups is 1. The molecule has 0 aliphatic carbocycles. The quantitative estimate of drug-likeness (QED) is 0.462. The molecular weight excluding hydrogens is 302 g/mol. The van der Waals surface area contributed by atoms with Crippen LogP contribution in [0.25, 0.3) is 0 Å². The molecule has 1 fully saturated rings. The van der Waals surface area contributed by atoms with E-state index in [9.17, 15) is 0 Å². The van der Waals surface area contributed by atoms with E-state index >= 15 is 0 Å². The third-order valence-corrected chi connectivity index (χ3v) is 4.27. The van der Waals surface area contributed by atoms with Crippen LogP contribution in [0.15, 0.2) is 4.99 Å². The summed E-state index contributed by atoms with van der Waals surface area (Å²) in [7, 11) is 1.83. The molecule has 24 heavy (non-hydrogen) atoms. The Morgan fingerprint density at radius 3 is 2.71 bits per heavy atom. The largest absolute Gasteiger partial charge is 0.374 e. The Kier molecular flexibility index (Phi) is 11.0. The second-order valence-electron chi connectivity index (χ2n) is 6.96. The summed E-state index contributed by atoms with van der Waals surface area (Å²) in [6.45, 7) is 18.0. The van der Waals surface area contributed by atoms with Crippen LogP contribution in [0.3, 0.4) is 0 Å². The molecule has 0 saturated carbocycles. The lowest BCUT2D eigenvalue weighted by Crippen LogP contribution is -2.50. The average molecular weight is 342 g/mol. The van der Waals surface area contributed by atoms with Crippen molar-refractivity contribution in [3.05, 3.63) is 0 Å². The zero-order valence-corrected chi connectivity index (χ0v) is 16.5. The molecule has 0 spiro atoms. The van der Waals surface area contributed by atoms with Gasteiger partial charge in [-0.15, -0.1) is 0 Å². The summed E-state index contributed by atoms with van der Waals surface area (Å²) in [5.41, 5.74) is 0. The average Bonchev–Trinajstić information content (AvgIpc) is 2.56. The summed E-state index contributed by atoms with van der Waals surface area (Å²) >= 11 is 0. The molecular formula is C18H39N5O. The molecule has 1 aliphatic rings. The van der Waals surface area contributed by atoms with Crippen molar-refractivity contribution < 1.29 is 4.74 Å². The standard InChI is InChI=1S/C18H39N5O/c1-6-9-22(7-2)10-8-20-18(19-5)21-13-17-15-23(11-12-24-17)14-16(3)4/h16-17H,6-15H2,1-5H3,(H2,19,20,21). The molecule has 0 aromatic rings. The number of likely N-dealkylation sites (N-methyl/N-ethyl adjacent to an activating group) is 1. The van der Waals surface area contributed by atoms with Crippen molar-refractivity contribution in [2.75, 3.05) is 66.0 Å². The maximum atomic E-state index is 5.88. The van der Waals surface area contributed by atoms with Crippen molar-refractivity contribution in [3.63, 3.8) is 0 Å². The van der Waals surface area contributed by atoms with Crippen molar-refractivity contribution >= 4 is 5.96 Å². The fourth-order valence-electron chi connectivity index (χ4n) is 3.09. The molecule has 1 saturated heterocycles. The van der Waals surface area contributed by atoms with Gasteiger partial charge in [0, 0.05) is 46.3 Å². The van der Waals surface area contributed by atoms with Gasteiger partial charge in [-0.3, -0.25) is 9.89 Å². The van der Waals surface area contributed by atoms with Gasteiger partial charge in [0.1, 0.15) is 0 Å². The molecule has 0 bridgehead atoms. The van der Waals surface area contributed by atoms with E-state index in [-0.39, 0.29) is 6.10 Å². The highest BCUT2D eigenvalue weighted by atomic mass is 16.5. The van der Waals surface area contributed by atoms with Gasteiger partial charge in [-0.2, -0.15) is 0 Å².